The number of nitrogens with one attached hydrogen (secondary N) is 1. The van der Waals surface area contributed by atoms with Crippen molar-refractivity contribution in [1.82, 2.24) is 10.2 Å². The standard InChI is InChI=1S/C14H24N2O3/c1-10-8-11(14(18)19)6-7-16(10)9-13(17)15-12-4-2-3-5-12/h10-12H,2-9H2,1H3,(H,15,17)(H,18,19). The largest absolute Gasteiger partial charge is 0.481 e. The van der Waals surface area contributed by atoms with E-state index >= 15 is 0 Å². The van der Waals surface area contributed by atoms with Crippen LogP contribution in [0.5, 0.6) is 0 Å². The van der Waals surface area contributed by atoms with Gasteiger partial charge >= 0.3 is 5.97 Å². The molecule has 108 valence electrons. The lowest BCUT2D eigenvalue weighted by Gasteiger charge is -2.35. The number of aliphatic carboxylic acids is 1. The summed E-state index contributed by atoms with van der Waals surface area (Å²) in [4.78, 5) is 25.0. The normalized spacial score (nSPS) is 29.3. The first-order valence-electron chi connectivity index (χ1n) is 7.32. The van der Waals surface area contributed by atoms with Crippen LogP contribution in [0.15, 0.2) is 0 Å². The third-order valence-corrected chi connectivity index (χ3v) is 4.43. The Bertz CT molecular complexity index is 340. The summed E-state index contributed by atoms with van der Waals surface area (Å²) in [6.07, 6.45) is 5.92. The van der Waals surface area contributed by atoms with E-state index < -0.39 is 5.97 Å². The fraction of sp³-hybridized carbons (Fsp3) is 0.857. The van der Waals surface area contributed by atoms with Crippen LogP contribution in [-0.4, -0.2) is 47.1 Å². The van der Waals surface area contributed by atoms with E-state index in [1.807, 2.05) is 6.92 Å². The fourth-order valence-electron chi connectivity index (χ4n) is 3.21. The van der Waals surface area contributed by atoms with Gasteiger partial charge in [-0.3, -0.25) is 14.5 Å². The Morgan fingerprint density at radius 1 is 1.26 bits per heavy atom. The summed E-state index contributed by atoms with van der Waals surface area (Å²) in [5.74, 6) is -0.862. The Kier molecular flexibility index (Phi) is 4.80. The van der Waals surface area contributed by atoms with Crippen molar-refractivity contribution in [1.29, 1.82) is 0 Å². The molecule has 19 heavy (non-hydrogen) atoms. The third-order valence-electron chi connectivity index (χ3n) is 4.43. The van der Waals surface area contributed by atoms with Crippen LogP contribution in [0.2, 0.25) is 0 Å². The van der Waals surface area contributed by atoms with Crippen molar-refractivity contribution in [3.05, 3.63) is 0 Å². The molecule has 0 bridgehead atoms. The Labute approximate surface area is 114 Å². The number of nitrogens with zero attached hydrogens (tertiary/aromatic N) is 1. The zero-order valence-electron chi connectivity index (χ0n) is 11.6. The second-order valence-corrected chi connectivity index (χ2v) is 5.93. The number of likely N-dealkylation sites (tertiary alicyclic amines) is 1. The van der Waals surface area contributed by atoms with Crippen LogP contribution >= 0.6 is 0 Å². The van der Waals surface area contributed by atoms with E-state index in [1.165, 1.54) is 12.8 Å². The van der Waals surface area contributed by atoms with Crippen molar-refractivity contribution >= 4 is 11.9 Å². The lowest BCUT2D eigenvalue weighted by Crippen LogP contribution is -2.48. The lowest BCUT2D eigenvalue weighted by molar-refractivity contribution is -0.144. The second kappa shape index (κ2) is 6.37. The predicted octanol–water partition coefficient (Wildman–Crippen LogP) is 1.23. The molecule has 2 atom stereocenters. The number of amides is 1. The van der Waals surface area contributed by atoms with E-state index in [9.17, 15) is 9.59 Å². The monoisotopic (exact) mass is 268 g/mol. The highest BCUT2D eigenvalue weighted by atomic mass is 16.4. The van der Waals surface area contributed by atoms with Crippen molar-refractivity contribution in [3.8, 4) is 0 Å². The summed E-state index contributed by atoms with van der Waals surface area (Å²) in [5.41, 5.74) is 0. The van der Waals surface area contributed by atoms with Crippen LogP contribution in [0.1, 0.15) is 45.4 Å². The third kappa shape index (κ3) is 3.93. The Hall–Kier alpha value is -1.10. The molecule has 1 amide bonds. The van der Waals surface area contributed by atoms with Gasteiger partial charge in [0.15, 0.2) is 0 Å². The molecule has 0 radical (unpaired) electrons. The van der Waals surface area contributed by atoms with Crippen LogP contribution in [-0.2, 0) is 9.59 Å². The van der Waals surface area contributed by atoms with Crippen molar-refractivity contribution in [3.63, 3.8) is 0 Å². The number of carboxylic acids is 1. The number of hydrogen-bond acceptors (Lipinski definition) is 3. The molecule has 2 N–H and O–H groups in total. The van der Waals surface area contributed by atoms with E-state index in [0.29, 0.717) is 32.0 Å². The summed E-state index contributed by atoms with van der Waals surface area (Å²) < 4.78 is 0. The first-order chi connectivity index (χ1) is 9.06. The lowest BCUT2D eigenvalue weighted by atomic mass is 9.92. The quantitative estimate of drug-likeness (QED) is 0.804. The molecule has 2 rings (SSSR count). The van der Waals surface area contributed by atoms with Crippen LogP contribution < -0.4 is 5.32 Å². The first kappa shape index (κ1) is 14.3. The van der Waals surface area contributed by atoms with Crippen molar-refractivity contribution in [2.24, 2.45) is 5.92 Å². The predicted molar refractivity (Wildman–Crippen MR) is 71.8 cm³/mol. The number of carbonyl (C=O) groups excluding carboxylic acids is 1. The summed E-state index contributed by atoms with van der Waals surface area (Å²) in [7, 11) is 0. The molecule has 2 unspecified atom stereocenters. The zero-order chi connectivity index (χ0) is 13.8. The minimum Gasteiger partial charge on any atom is -0.481 e. The molecule has 1 heterocycles. The van der Waals surface area contributed by atoms with E-state index in [2.05, 4.69) is 10.2 Å². The van der Waals surface area contributed by atoms with Gasteiger partial charge in [-0.15, -0.1) is 0 Å². The van der Waals surface area contributed by atoms with Gasteiger partial charge in [-0.25, -0.2) is 0 Å². The zero-order valence-corrected chi connectivity index (χ0v) is 11.6. The highest BCUT2D eigenvalue weighted by Crippen LogP contribution is 2.23. The van der Waals surface area contributed by atoms with Crippen molar-refractivity contribution < 1.29 is 14.7 Å². The van der Waals surface area contributed by atoms with Crippen LogP contribution in [0.4, 0.5) is 0 Å². The van der Waals surface area contributed by atoms with Crippen LogP contribution in [0.3, 0.4) is 0 Å². The summed E-state index contributed by atoms with van der Waals surface area (Å²) in [6, 6.07) is 0.531. The molecule has 0 spiro atoms. The molecule has 1 aliphatic carbocycles. The number of carbonyl (C=O) groups is 2. The Morgan fingerprint density at radius 3 is 2.53 bits per heavy atom. The summed E-state index contributed by atoms with van der Waals surface area (Å²) in [6.45, 7) is 3.12. The highest BCUT2D eigenvalue weighted by molar-refractivity contribution is 5.78. The maximum Gasteiger partial charge on any atom is 0.306 e. The molecular weight excluding hydrogens is 244 g/mol. The van der Waals surface area contributed by atoms with Gasteiger partial charge in [0.05, 0.1) is 12.5 Å². The molecule has 2 fully saturated rings. The van der Waals surface area contributed by atoms with E-state index in [1.54, 1.807) is 0 Å². The van der Waals surface area contributed by atoms with Gasteiger partial charge in [-0.1, -0.05) is 12.8 Å². The molecule has 1 aliphatic heterocycles. The van der Waals surface area contributed by atoms with Gasteiger partial charge in [0.2, 0.25) is 5.91 Å². The molecule has 5 nitrogen and oxygen atoms in total. The fourth-order valence-corrected chi connectivity index (χ4v) is 3.21. The maximum atomic E-state index is 12.0. The molecule has 1 saturated carbocycles. The molecule has 1 saturated heterocycles. The summed E-state index contributed by atoms with van der Waals surface area (Å²) >= 11 is 0. The minimum atomic E-state index is -0.707. The van der Waals surface area contributed by atoms with Gasteiger partial charge in [0, 0.05) is 12.1 Å². The molecule has 5 heteroatoms. The smallest absolute Gasteiger partial charge is 0.306 e. The van der Waals surface area contributed by atoms with Crippen LogP contribution in [0, 0.1) is 5.92 Å². The Morgan fingerprint density at radius 2 is 1.95 bits per heavy atom. The number of piperidine rings is 1. The van der Waals surface area contributed by atoms with Crippen molar-refractivity contribution in [2.75, 3.05) is 13.1 Å². The number of rotatable bonds is 4. The van der Waals surface area contributed by atoms with Gasteiger partial charge in [-0.2, -0.15) is 0 Å². The molecule has 0 aromatic heterocycles. The molecular formula is C14H24N2O3. The second-order valence-electron chi connectivity index (χ2n) is 5.93. The molecule has 2 aliphatic rings. The Balaban J connectivity index is 1.76. The number of hydrogen-bond donors (Lipinski definition) is 2. The van der Waals surface area contributed by atoms with Gasteiger partial charge in [-0.05, 0) is 39.2 Å². The van der Waals surface area contributed by atoms with E-state index in [0.717, 1.165) is 12.8 Å². The maximum absolute atomic E-state index is 12.0. The topological polar surface area (TPSA) is 69.6 Å². The number of carboxylic acid groups (broad SMARTS) is 1. The van der Waals surface area contributed by atoms with Gasteiger partial charge in [0.1, 0.15) is 0 Å². The molecule has 0 aromatic carbocycles. The SMILES string of the molecule is CC1CC(C(=O)O)CCN1CC(=O)NC1CCCC1. The average molecular weight is 268 g/mol. The van der Waals surface area contributed by atoms with Crippen LogP contribution in [0.25, 0.3) is 0 Å². The van der Waals surface area contributed by atoms with Crippen molar-refractivity contribution in [2.45, 2.75) is 57.5 Å². The van der Waals surface area contributed by atoms with E-state index in [-0.39, 0.29) is 17.9 Å². The van der Waals surface area contributed by atoms with Gasteiger partial charge in [0.25, 0.3) is 0 Å². The highest BCUT2D eigenvalue weighted by Gasteiger charge is 2.30. The average Bonchev–Trinajstić information content (AvgIpc) is 2.84. The minimum absolute atomic E-state index is 0.0903. The van der Waals surface area contributed by atoms with Gasteiger partial charge < -0.3 is 10.4 Å². The first-order valence-corrected chi connectivity index (χ1v) is 7.32. The molecule has 0 aromatic rings. The summed E-state index contributed by atoms with van der Waals surface area (Å²) in [5, 5.41) is 12.1. The van der Waals surface area contributed by atoms with E-state index in [4.69, 9.17) is 5.11 Å².